The highest BCUT2D eigenvalue weighted by atomic mass is 16.5. The normalized spacial score (nSPS) is 12.3. The van der Waals surface area contributed by atoms with E-state index in [1.807, 2.05) is 0 Å². The molecular formula is C15H29N3O. The van der Waals surface area contributed by atoms with Crippen LogP contribution >= 0.6 is 0 Å². The summed E-state index contributed by atoms with van der Waals surface area (Å²) in [5, 5.41) is 7.55. The Morgan fingerprint density at radius 2 is 1.84 bits per heavy atom. The predicted molar refractivity (Wildman–Crippen MR) is 79.0 cm³/mol. The Labute approximate surface area is 117 Å². The zero-order valence-electron chi connectivity index (χ0n) is 13.1. The van der Waals surface area contributed by atoms with E-state index in [0.717, 1.165) is 37.6 Å². The molecule has 0 spiro atoms. The summed E-state index contributed by atoms with van der Waals surface area (Å²) in [6.07, 6.45) is 2.35. The first-order chi connectivity index (χ1) is 8.94. The van der Waals surface area contributed by atoms with Crippen molar-refractivity contribution < 1.29 is 4.52 Å². The molecule has 0 saturated carbocycles. The van der Waals surface area contributed by atoms with E-state index < -0.39 is 0 Å². The van der Waals surface area contributed by atoms with Crippen molar-refractivity contribution in [2.24, 2.45) is 0 Å². The number of nitrogens with one attached hydrogen (secondary N) is 1. The molecule has 0 atom stereocenters. The molecule has 0 fully saturated rings. The van der Waals surface area contributed by atoms with Gasteiger partial charge in [-0.2, -0.15) is 0 Å². The topological polar surface area (TPSA) is 41.3 Å². The molecule has 0 aliphatic rings. The van der Waals surface area contributed by atoms with Crippen LogP contribution in [0.4, 0.5) is 0 Å². The van der Waals surface area contributed by atoms with Crippen molar-refractivity contribution in [3.63, 3.8) is 0 Å². The number of aromatic nitrogens is 1. The molecule has 1 N–H and O–H groups in total. The molecule has 0 bridgehead atoms. The van der Waals surface area contributed by atoms with E-state index in [1.54, 1.807) is 0 Å². The Morgan fingerprint density at radius 1 is 1.21 bits per heavy atom. The summed E-state index contributed by atoms with van der Waals surface area (Å²) in [6.45, 7) is 14.7. The molecule has 4 nitrogen and oxygen atoms in total. The van der Waals surface area contributed by atoms with Gasteiger partial charge < -0.3 is 9.84 Å². The molecule has 0 aromatic carbocycles. The van der Waals surface area contributed by atoms with Crippen LogP contribution in [-0.4, -0.2) is 28.7 Å². The van der Waals surface area contributed by atoms with Gasteiger partial charge in [0.15, 0.2) is 5.76 Å². The van der Waals surface area contributed by atoms with Gasteiger partial charge in [0.1, 0.15) is 0 Å². The summed E-state index contributed by atoms with van der Waals surface area (Å²) in [4.78, 5) is 2.42. The number of hydrogen-bond donors (Lipinski definition) is 1. The van der Waals surface area contributed by atoms with E-state index in [9.17, 15) is 0 Å². The van der Waals surface area contributed by atoms with Crippen LogP contribution in [0.15, 0.2) is 10.6 Å². The van der Waals surface area contributed by atoms with Crippen LogP contribution in [0.3, 0.4) is 0 Å². The maximum absolute atomic E-state index is 5.42. The Morgan fingerprint density at radius 3 is 2.37 bits per heavy atom. The Bertz CT molecular complexity index is 349. The number of hydrogen-bond acceptors (Lipinski definition) is 4. The van der Waals surface area contributed by atoms with Gasteiger partial charge in [0, 0.05) is 18.2 Å². The van der Waals surface area contributed by atoms with Crippen LogP contribution in [0.2, 0.25) is 0 Å². The molecule has 0 aliphatic carbocycles. The summed E-state index contributed by atoms with van der Waals surface area (Å²) < 4.78 is 5.42. The zero-order valence-corrected chi connectivity index (χ0v) is 13.1. The third-order valence-corrected chi connectivity index (χ3v) is 2.87. The Kier molecular flexibility index (Phi) is 6.52. The highest BCUT2D eigenvalue weighted by Crippen LogP contribution is 2.10. The minimum absolute atomic E-state index is 0.107. The molecule has 0 unspecified atom stereocenters. The third-order valence-electron chi connectivity index (χ3n) is 2.87. The van der Waals surface area contributed by atoms with Crippen molar-refractivity contribution in [2.45, 2.75) is 66.1 Å². The molecule has 1 rings (SSSR count). The highest BCUT2D eigenvalue weighted by molar-refractivity contribution is 5.05. The first-order valence-electron chi connectivity index (χ1n) is 7.36. The maximum atomic E-state index is 5.42. The highest BCUT2D eigenvalue weighted by Gasteiger charge is 2.12. The monoisotopic (exact) mass is 267 g/mol. The summed E-state index contributed by atoms with van der Waals surface area (Å²) in [6, 6.07) is 2.07. The molecule has 0 aliphatic heterocycles. The zero-order chi connectivity index (χ0) is 14.3. The van der Waals surface area contributed by atoms with E-state index >= 15 is 0 Å². The lowest BCUT2D eigenvalue weighted by Gasteiger charge is -2.19. The fourth-order valence-corrected chi connectivity index (χ4v) is 1.99. The fraction of sp³-hybridized carbons (Fsp3) is 0.800. The SMILES string of the molecule is CCCN(CCC)Cc1cc(CNC(C)(C)C)no1. The van der Waals surface area contributed by atoms with Gasteiger partial charge in [-0.1, -0.05) is 19.0 Å². The molecule has 1 aromatic rings. The molecule has 0 radical (unpaired) electrons. The van der Waals surface area contributed by atoms with E-state index in [-0.39, 0.29) is 5.54 Å². The fourth-order valence-electron chi connectivity index (χ4n) is 1.99. The molecule has 1 aromatic heterocycles. The van der Waals surface area contributed by atoms with Crippen LogP contribution in [-0.2, 0) is 13.1 Å². The third kappa shape index (κ3) is 6.73. The van der Waals surface area contributed by atoms with E-state index in [0.29, 0.717) is 0 Å². The van der Waals surface area contributed by atoms with Gasteiger partial charge in [-0.05, 0) is 46.7 Å². The van der Waals surface area contributed by atoms with Gasteiger partial charge in [-0.25, -0.2) is 0 Å². The lowest BCUT2D eigenvalue weighted by molar-refractivity contribution is 0.231. The van der Waals surface area contributed by atoms with E-state index in [2.05, 4.69) is 56.1 Å². The summed E-state index contributed by atoms with van der Waals surface area (Å²) in [5.41, 5.74) is 1.09. The molecule has 110 valence electrons. The van der Waals surface area contributed by atoms with Crippen molar-refractivity contribution in [2.75, 3.05) is 13.1 Å². The second kappa shape index (κ2) is 7.65. The molecule has 0 amide bonds. The van der Waals surface area contributed by atoms with Crippen molar-refractivity contribution in [1.82, 2.24) is 15.4 Å². The first kappa shape index (κ1) is 16.2. The maximum Gasteiger partial charge on any atom is 0.151 e. The van der Waals surface area contributed by atoms with Crippen molar-refractivity contribution in [3.05, 3.63) is 17.5 Å². The van der Waals surface area contributed by atoms with Gasteiger partial charge in [0.25, 0.3) is 0 Å². The second-order valence-electron chi connectivity index (χ2n) is 6.16. The lowest BCUT2D eigenvalue weighted by atomic mass is 10.1. The van der Waals surface area contributed by atoms with Gasteiger partial charge in [0.2, 0.25) is 0 Å². The van der Waals surface area contributed by atoms with E-state index in [1.165, 1.54) is 12.8 Å². The Hall–Kier alpha value is -0.870. The smallest absolute Gasteiger partial charge is 0.151 e. The van der Waals surface area contributed by atoms with Crippen LogP contribution in [0.25, 0.3) is 0 Å². The van der Waals surface area contributed by atoms with Crippen molar-refractivity contribution in [3.8, 4) is 0 Å². The predicted octanol–water partition coefficient (Wildman–Crippen LogP) is 3.18. The summed E-state index contributed by atoms with van der Waals surface area (Å²) in [7, 11) is 0. The van der Waals surface area contributed by atoms with Crippen LogP contribution in [0.1, 0.15) is 58.9 Å². The largest absolute Gasteiger partial charge is 0.360 e. The van der Waals surface area contributed by atoms with Crippen molar-refractivity contribution >= 4 is 0 Å². The van der Waals surface area contributed by atoms with E-state index in [4.69, 9.17) is 4.52 Å². The quantitative estimate of drug-likeness (QED) is 0.785. The minimum Gasteiger partial charge on any atom is -0.360 e. The van der Waals surface area contributed by atoms with Crippen LogP contribution < -0.4 is 5.32 Å². The van der Waals surface area contributed by atoms with Gasteiger partial charge in [-0.3, -0.25) is 4.90 Å². The summed E-state index contributed by atoms with van der Waals surface area (Å²) >= 11 is 0. The van der Waals surface area contributed by atoms with Crippen molar-refractivity contribution in [1.29, 1.82) is 0 Å². The molecule has 1 heterocycles. The van der Waals surface area contributed by atoms with Crippen LogP contribution in [0.5, 0.6) is 0 Å². The standard InChI is InChI=1S/C15H29N3O/c1-6-8-18(9-7-2)12-14-10-13(17-19-14)11-16-15(3,4)5/h10,16H,6-9,11-12H2,1-5H3. The second-order valence-corrected chi connectivity index (χ2v) is 6.16. The van der Waals surface area contributed by atoms with Gasteiger partial charge >= 0.3 is 0 Å². The Balaban J connectivity index is 2.48. The number of nitrogens with zero attached hydrogens (tertiary/aromatic N) is 2. The van der Waals surface area contributed by atoms with Gasteiger partial charge in [0.05, 0.1) is 12.2 Å². The molecule has 19 heavy (non-hydrogen) atoms. The summed E-state index contributed by atoms with van der Waals surface area (Å²) in [5.74, 6) is 0.965. The average Bonchev–Trinajstić information content (AvgIpc) is 2.74. The molecular weight excluding hydrogens is 238 g/mol. The lowest BCUT2D eigenvalue weighted by Crippen LogP contribution is -2.35. The average molecular weight is 267 g/mol. The first-order valence-corrected chi connectivity index (χ1v) is 7.36. The van der Waals surface area contributed by atoms with Crippen LogP contribution in [0, 0.1) is 0 Å². The van der Waals surface area contributed by atoms with Gasteiger partial charge in [-0.15, -0.1) is 0 Å². The number of rotatable bonds is 8. The molecule has 0 saturated heterocycles. The molecule has 4 heteroatoms. The minimum atomic E-state index is 0.107.